The highest BCUT2D eigenvalue weighted by Crippen LogP contribution is 2.47. The minimum Gasteiger partial charge on any atom is -0.508 e. The van der Waals surface area contributed by atoms with Crippen LogP contribution in [0.3, 0.4) is 0 Å². The Kier molecular flexibility index (Phi) is 3.97. The monoisotopic (exact) mass is 362 g/mol. The van der Waals surface area contributed by atoms with Gasteiger partial charge >= 0.3 is 0 Å². The summed E-state index contributed by atoms with van der Waals surface area (Å²) in [6.07, 6.45) is 2.37. The molecule has 140 valence electrons. The van der Waals surface area contributed by atoms with E-state index in [-0.39, 0.29) is 17.7 Å². The van der Waals surface area contributed by atoms with Gasteiger partial charge in [-0.15, -0.1) is 0 Å². The molecule has 4 aliphatic heterocycles. The Morgan fingerprint density at radius 3 is 2.48 bits per heavy atom. The summed E-state index contributed by atoms with van der Waals surface area (Å²) in [5.41, 5.74) is 3.20. The van der Waals surface area contributed by atoms with Crippen molar-refractivity contribution < 1.29 is 9.90 Å². The van der Waals surface area contributed by atoms with E-state index >= 15 is 0 Å². The van der Waals surface area contributed by atoms with Gasteiger partial charge in [0.25, 0.3) is 5.91 Å². The topological polar surface area (TPSA) is 43.8 Å². The number of phenols is 1. The Morgan fingerprint density at radius 2 is 1.78 bits per heavy atom. The Hall–Kier alpha value is -2.33. The summed E-state index contributed by atoms with van der Waals surface area (Å²) in [5.74, 6) is 1.17. The third kappa shape index (κ3) is 2.74. The number of phenolic OH excluding ortho intramolecular Hbond substituents is 1. The van der Waals surface area contributed by atoms with Gasteiger partial charge < -0.3 is 10.0 Å². The molecule has 4 fully saturated rings. The predicted octanol–water partition coefficient (Wildman–Crippen LogP) is 3.40. The molecule has 0 aromatic heterocycles. The van der Waals surface area contributed by atoms with Crippen LogP contribution in [0.5, 0.6) is 5.75 Å². The highest BCUT2D eigenvalue weighted by atomic mass is 16.3. The van der Waals surface area contributed by atoms with Gasteiger partial charge in [0, 0.05) is 24.1 Å². The second-order valence-corrected chi connectivity index (χ2v) is 8.38. The Morgan fingerprint density at radius 1 is 1.04 bits per heavy atom. The zero-order chi connectivity index (χ0) is 18.5. The molecule has 1 amide bonds. The van der Waals surface area contributed by atoms with Crippen molar-refractivity contribution in [1.82, 2.24) is 9.80 Å². The molecule has 2 aromatic carbocycles. The van der Waals surface area contributed by atoms with Crippen molar-refractivity contribution in [2.45, 2.75) is 37.8 Å². The third-order valence-corrected chi connectivity index (χ3v) is 6.85. The smallest absolute Gasteiger partial charge is 0.254 e. The van der Waals surface area contributed by atoms with Crippen LogP contribution in [0, 0.1) is 12.8 Å². The summed E-state index contributed by atoms with van der Waals surface area (Å²) in [5, 5.41) is 9.82. The van der Waals surface area contributed by atoms with Gasteiger partial charge in [-0.3, -0.25) is 9.69 Å². The molecule has 0 aliphatic carbocycles. The molecule has 0 radical (unpaired) electrons. The van der Waals surface area contributed by atoms with Crippen molar-refractivity contribution in [3.8, 4) is 5.75 Å². The molecule has 4 saturated heterocycles. The number of nitrogens with zero attached hydrogens (tertiary/aromatic N) is 2. The largest absolute Gasteiger partial charge is 0.508 e. The average Bonchev–Trinajstić information content (AvgIpc) is 3.12. The number of fused-ring (bicyclic) bond motifs is 2. The van der Waals surface area contributed by atoms with Crippen LogP contribution in [0.25, 0.3) is 0 Å². The summed E-state index contributed by atoms with van der Waals surface area (Å²) in [6.45, 7) is 5.19. The lowest BCUT2D eigenvalue weighted by Crippen LogP contribution is -2.60. The molecular formula is C23H26N2O2. The zero-order valence-corrected chi connectivity index (χ0v) is 15.7. The quantitative estimate of drug-likeness (QED) is 0.890. The van der Waals surface area contributed by atoms with Gasteiger partial charge in [0.05, 0.1) is 6.04 Å². The van der Waals surface area contributed by atoms with Gasteiger partial charge in [-0.05, 0) is 62.5 Å². The molecule has 4 heterocycles. The molecule has 0 saturated carbocycles. The first-order valence-corrected chi connectivity index (χ1v) is 10.0. The zero-order valence-electron chi connectivity index (χ0n) is 15.7. The average molecular weight is 362 g/mol. The fourth-order valence-electron chi connectivity index (χ4n) is 5.57. The molecule has 1 N–H and O–H groups in total. The summed E-state index contributed by atoms with van der Waals surface area (Å²) in [7, 11) is 0. The molecule has 27 heavy (non-hydrogen) atoms. The molecule has 3 atom stereocenters. The Balaban J connectivity index is 1.52. The number of carbonyl (C=O) groups is 1. The Labute approximate surface area is 160 Å². The fraction of sp³-hybridized carbons (Fsp3) is 0.435. The summed E-state index contributed by atoms with van der Waals surface area (Å²) in [4.78, 5) is 18.1. The molecule has 6 rings (SSSR count). The number of hydrogen-bond acceptors (Lipinski definition) is 3. The number of likely N-dealkylation sites (tertiary alicyclic amines) is 1. The van der Waals surface area contributed by atoms with Crippen LogP contribution in [0.4, 0.5) is 0 Å². The number of hydrogen-bond donors (Lipinski definition) is 1. The number of aryl methyl sites for hydroxylation is 1. The van der Waals surface area contributed by atoms with Crippen molar-refractivity contribution >= 4 is 5.91 Å². The Bertz CT molecular complexity index is 855. The van der Waals surface area contributed by atoms with Crippen molar-refractivity contribution in [2.75, 3.05) is 19.6 Å². The van der Waals surface area contributed by atoms with Gasteiger partial charge in [0.2, 0.25) is 0 Å². The number of amides is 1. The van der Waals surface area contributed by atoms with Crippen LogP contribution in [-0.2, 0) is 0 Å². The van der Waals surface area contributed by atoms with Gasteiger partial charge in [-0.1, -0.05) is 35.9 Å². The van der Waals surface area contributed by atoms with Crippen LogP contribution >= 0.6 is 0 Å². The standard InChI is InChI=1S/C23H26N2O2/c1-15-5-7-16(8-6-15)20-14-25(23(27)18-3-2-4-19(26)13-18)21-17-9-11-24(12-10-17)22(20)21/h2-8,13,17,20-22,26H,9-12,14H2,1H3/t20-,21+,22+/m0/s1. The van der Waals surface area contributed by atoms with E-state index in [1.807, 2.05) is 6.07 Å². The summed E-state index contributed by atoms with van der Waals surface area (Å²) >= 11 is 0. The second kappa shape index (κ2) is 6.38. The van der Waals surface area contributed by atoms with Crippen LogP contribution in [0.2, 0.25) is 0 Å². The van der Waals surface area contributed by atoms with Crippen LogP contribution < -0.4 is 0 Å². The number of carbonyl (C=O) groups excluding carboxylic acids is 1. The highest BCUT2D eigenvalue weighted by molar-refractivity contribution is 5.95. The normalized spacial score (nSPS) is 31.7. The molecule has 4 aliphatic rings. The van der Waals surface area contributed by atoms with Crippen molar-refractivity contribution in [1.29, 1.82) is 0 Å². The third-order valence-electron chi connectivity index (χ3n) is 6.85. The maximum atomic E-state index is 13.4. The molecule has 4 heteroatoms. The second-order valence-electron chi connectivity index (χ2n) is 8.38. The number of rotatable bonds is 2. The first kappa shape index (κ1) is 16.8. The number of piperidine rings is 3. The van der Waals surface area contributed by atoms with Crippen molar-refractivity contribution in [2.24, 2.45) is 5.92 Å². The molecule has 2 aromatic rings. The maximum absolute atomic E-state index is 13.4. The van der Waals surface area contributed by atoms with Gasteiger partial charge in [0.1, 0.15) is 5.75 Å². The highest BCUT2D eigenvalue weighted by Gasteiger charge is 2.54. The van der Waals surface area contributed by atoms with Crippen LogP contribution in [0.1, 0.15) is 40.2 Å². The van der Waals surface area contributed by atoms with E-state index in [4.69, 9.17) is 0 Å². The van der Waals surface area contributed by atoms with E-state index in [2.05, 4.69) is 41.0 Å². The van der Waals surface area contributed by atoms with Crippen LogP contribution in [0.15, 0.2) is 48.5 Å². The van der Waals surface area contributed by atoms with Gasteiger partial charge in [0.15, 0.2) is 0 Å². The maximum Gasteiger partial charge on any atom is 0.254 e. The van der Waals surface area contributed by atoms with E-state index in [0.717, 1.165) is 19.6 Å². The molecule has 0 spiro atoms. The summed E-state index contributed by atoms with van der Waals surface area (Å²) < 4.78 is 0. The fourth-order valence-corrected chi connectivity index (χ4v) is 5.57. The van der Waals surface area contributed by atoms with Crippen molar-refractivity contribution in [3.63, 3.8) is 0 Å². The minimum atomic E-state index is 0.0595. The van der Waals surface area contributed by atoms with Gasteiger partial charge in [-0.25, -0.2) is 0 Å². The predicted molar refractivity (Wildman–Crippen MR) is 105 cm³/mol. The molecular weight excluding hydrogens is 336 g/mol. The first-order valence-electron chi connectivity index (χ1n) is 10.0. The first-order chi connectivity index (χ1) is 13.1. The molecule has 4 nitrogen and oxygen atoms in total. The van der Waals surface area contributed by atoms with Crippen LogP contribution in [-0.4, -0.2) is 52.5 Å². The van der Waals surface area contributed by atoms with E-state index in [9.17, 15) is 9.90 Å². The molecule has 2 bridgehead atoms. The van der Waals surface area contributed by atoms with Crippen molar-refractivity contribution in [3.05, 3.63) is 65.2 Å². The van der Waals surface area contributed by atoms with E-state index in [0.29, 0.717) is 23.4 Å². The molecule has 0 unspecified atom stereocenters. The lowest BCUT2D eigenvalue weighted by atomic mass is 9.75. The lowest BCUT2D eigenvalue weighted by molar-refractivity contribution is -0.00341. The lowest BCUT2D eigenvalue weighted by Gasteiger charge is -2.51. The van der Waals surface area contributed by atoms with E-state index in [1.54, 1.807) is 18.2 Å². The van der Waals surface area contributed by atoms with Gasteiger partial charge in [-0.2, -0.15) is 0 Å². The SMILES string of the molecule is Cc1ccc([C@@H]2CN(C(=O)c3cccc(O)c3)[C@@H]3C4CCN(CC4)[C@@H]32)cc1. The van der Waals surface area contributed by atoms with E-state index < -0.39 is 0 Å². The minimum absolute atomic E-state index is 0.0595. The van der Waals surface area contributed by atoms with E-state index in [1.165, 1.54) is 24.0 Å². The number of aromatic hydroxyl groups is 1. The summed E-state index contributed by atoms with van der Waals surface area (Å²) in [6, 6.07) is 16.3. The number of benzene rings is 2.